The number of hydrogen-bond donors (Lipinski definition) is 0. The number of aromatic nitrogens is 1. The first-order chi connectivity index (χ1) is 16.0. The van der Waals surface area contributed by atoms with Gasteiger partial charge in [-0.3, -0.25) is 4.79 Å². The largest absolute Gasteiger partial charge is 0.494 e. The maximum atomic E-state index is 13.6. The van der Waals surface area contributed by atoms with E-state index in [1.807, 2.05) is 42.7 Å². The second kappa shape index (κ2) is 14.7. The monoisotopic (exact) mass is 457 g/mol. The zero-order valence-electron chi connectivity index (χ0n) is 21.4. The smallest absolute Gasteiger partial charge is 0.297 e. The summed E-state index contributed by atoms with van der Waals surface area (Å²) in [6, 6.07) is 5.95. The molecule has 0 saturated carbocycles. The molecule has 0 unspecified atom stereocenters. The van der Waals surface area contributed by atoms with Gasteiger partial charge in [-0.15, -0.1) is 0 Å². The first kappa shape index (κ1) is 26.8. The maximum absolute atomic E-state index is 13.6. The minimum atomic E-state index is -0.132. The lowest BCUT2D eigenvalue weighted by atomic mass is 10.1. The normalized spacial score (nSPS) is 10.9. The number of benzene rings is 1. The second-order valence-electron chi connectivity index (χ2n) is 8.85. The van der Waals surface area contributed by atoms with Gasteiger partial charge < -0.3 is 18.8 Å². The van der Waals surface area contributed by atoms with Gasteiger partial charge in [-0.05, 0) is 51.3 Å². The average molecular weight is 458 g/mol. The van der Waals surface area contributed by atoms with Crippen molar-refractivity contribution < 1.29 is 14.2 Å². The predicted octanol–water partition coefficient (Wildman–Crippen LogP) is 7.28. The molecule has 0 spiro atoms. The lowest BCUT2D eigenvalue weighted by Gasteiger charge is -2.19. The van der Waals surface area contributed by atoms with Crippen LogP contribution in [0.1, 0.15) is 86.0 Å². The molecule has 0 bridgehead atoms. The number of unbranched alkanes of at least 4 members (excludes halogenated alkanes) is 5. The van der Waals surface area contributed by atoms with Crippen molar-refractivity contribution in [1.29, 1.82) is 0 Å². The minimum absolute atomic E-state index is 0.132. The van der Waals surface area contributed by atoms with Crippen LogP contribution in [0.2, 0.25) is 0 Å². The molecular weight excluding hydrogens is 414 g/mol. The van der Waals surface area contributed by atoms with Crippen LogP contribution in [0.4, 0.5) is 0 Å². The van der Waals surface area contributed by atoms with E-state index in [0.29, 0.717) is 37.9 Å². The second-order valence-corrected chi connectivity index (χ2v) is 8.85. The lowest BCUT2D eigenvalue weighted by Crippen LogP contribution is -2.24. The molecule has 2 aromatic rings. The van der Waals surface area contributed by atoms with Gasteiger partial charge in [-0.1, -0.05) is 58.4 Å². The van der Waals surface area contributed by atoms with Crippen molar-refractivity contribution in [1.82, 2.24) is 4.57 Å². The molecule has 0 atom stereocenters. The van der Waals surface area contributed by atoms with Gasteiger partial charge in [-0.25, -0.2) is 0 Å². The van der Waals surface area contributed by atoms with Crippen molar-refractivity contribution >= 4 is 10.9 Å². The molecule has 0 saturated heterocycles. The van der Waals surface area contributed by atoms with E-state index in [1.54, 1.807) is 0 Å². The summed E-state index contributed by atoms with van der Waals surface area (Å²) in [4.78, 5) is 13.6. The van der Waals surface area contributed by atoms with Gasteiger partial charge in [0.15, 0.2) is 5.75 Å². The summed E-state index contributed by atoms with van der Waals surface area (Å²) >= 11 is 0. The number of rotatable bonds is 16. The van der Waals surface area contributed by atoms with Crippen LogP contribution < -0.4 is 19.8 Å². The van der Waals surface area contributed by atoms with Crippen LogP contribution in [0.25, 0.3) is 10.9 Å². The number of aryl methyl sites for hydroxylation is 1. The van der Waals surface area contributed by atoms with Crippen LogP contribution in [0.5, 0.6) is 17.2 Å². The van der Waals surface area contributed by atoms with E-state index < -0.39 is 0 Å². The van der Waals surface area contributed by atoms with E-state index in [2.05, 4.69) is 20.8 Å². The zero-order valence-corrected chi connectivity index (χ0v) is 21.4. The Labute approximate surface area is 199 Å². The third kappa shape index (κ3) is 8.13. The molecule has 5 nitrogen and oxygen atoms in total. The van der Waals surface area contributed by atoms with Crippen molar-refractivity contribution in [2.45, 2.75) is 92.5 Å². The Bertz CT molecular complexity index is 941. The fourth-order valence-corrected chi connectivity index (χ4v) is 3.61. The number of ether oxygens (including phenoxy) is 3. The van der Waals surface area contributed by atoms with Crippen molar-refractivity contribution in [2.24, 2.45) is 0 Å². The van der Waals surface area contributed by atoms with Crippen LogP contribution in [-0.2, 0) is 6.54 Å². The third-order valence-corrected chi connectivity index (χ3v) is 5.62. The molecule has 5 heteroatoms. The first-order valence-electron chi connectivity index (χ1n) is 12.8. The van der Waals surface area contributed by atoms with Crippen LogP contribution in [0, 0.1) is 0 Å². The number of allylic oxidation sites excluding steroid dienone is 1. The number of pyridine rings is 1. The zero-order chi connectivity index (χ0) is 24.1. The summed E-state index contributed by atoms with van der Waals surface area (Å²) in [5.74, 6) is 1.65. The average Bonchev–Trinajstić information content (AvgIpc) is 2.80. The Hall–Kier alpha value is -2.43. The molecule has 0 N–H and O–H groups in total. The Morgan fingerprint density at radius 2 is 1.58 bits per heavy atom. The molecule has 33 heavy (non-hydrogen) atoms. The van der Waals surface area contributed by atoms with Crippen molar-refractivity contribution in [3.8, 4) is 17.2 Å². The van der Waals surface area contributed by atoms with Gasteiger partial charge in [0.1, 0.15) is 12.4 Å². The van der Waals surface area contributed by atoms with E-state index in [1.165, 1.54) is 12.8 Å². The third-order valence-electron chi connectivity index (χ3n) is 5.62. The molecule has 2 rings (SSSR count). The SMILES string of the molecule is CCCCCCOc1c(OCC=C(C)C)c(=O)n(CCCC)c2cc(OCCCC)ccc12. The fraction of sp³-hybridized carbons (Fsp3) is 0.607. The van der Waals surface area contributed by atoms with Gasteiger partial charge in [0.25, 0.3) is 5.56 Å². The maximum Gasteiger partial charge on any atom is 0.297 e. The lowest BCUT2D eigenvalue weighted by molar-refractivity contribution is 0.275. The highest BCUT2D eigenvalue weighted by Crippen LogP contribution is 2.35. The van der Waals surface area contributed by atoms with E-state index in [-0.39, 0.29) is 5.56 Å². The molecule has 1 heterocycles. The molecule has 0 aliphatic carbocycles. The van der Waals surface area contributed by atoms with Gasteiger partial charge >= 0.3 is 0 Å². The van der Waals surface area contributed by atoms with Crippen molar-refractivity contribution in [3.05, 3.63) is 40.2 Å². The summed E-state index contributed by atoms with van der Waals surface area (Å²) in [7, 11) is 0. The van der Waals surface area contributed by atoms with Gasteiger partial charge in [0.05, 0.1) is 18.7 Å². The number of fused-ring (bicyclic) bond motifs is 1. The Kier molecular flexibility index (Phi) is 11.9. The fourth-order valence-electron chi connectivity index (χ4n) is 3.61. The standard InChI is InChI=1S/C28H43NO4/c1-6-9-12-13-19-32-26-24-15-14-23(31-18-11-8-3)21-25(24)29(17-10-7-2)28(30)27(26)33-20-16-22(4)5/h14-16,21H,6-13,17-20H2,1-5H3. The molecule has 184 valence electrons. The topological polar surface area (TPSA) is 49.7 Å². The van der Waals surface area contributed by atoms with E-state index in [0.717, 1.165) is 60.8 Å². The van der Waals surface area contributed by atoms with Crippen LogP contribution in [0.3, 0.4) is 0 Å². The Morgan fingerprint density at radius 3 is 2.27 bits per heavy atom. The number of nitrogens with zero attached hydrogens (tertiary/aromatic N) is 1. The first-order valence-corrected chi connectivity index (χ1v) is 12.8. The summed E-state index contributed by atoms with van der Waals surface area (Å²) in [6.45, 7) is 12.7. The van der Waals surface area contributed by atoms with Gasteiger partial charge in [-0.2, -0.15) is 0 Å². The summed E-state index contributed by atoms with van der Waals surface area (Å²) in [5.41, 5.74) is 1.87. The molecule has 0 aliphatic rings. The van der Waals surface area contributed by atoms with Crippen LogP contribution >= 0.6 is 0 Å². The Balaban J connectivity index is 2.53. The summed E-state index contributed by atoms with van der Waals surface area (Å²) < 4.78 is 20.0. The van der Waals surface area contributed by atoms with Crippen molar-refractivity contribution in [2.75, 3.05) is 19.8 Å². The summed E-state index contributed by atoms with van der Waals surface area (Å²) in [5, 5.41) is 0.899. The van der Waals surface area contributed by atoms with Crippen LogP contribution in [0.15, 0.2) is 34.6 Å². The quantitative estimate of drug-likeness (QED) is 0.196. The molecule has 0 radical (unpaired) electrons. The molecule has 1 aromatic carbocycles. The van der Waals surface area contributed by atoms with Crippen LogP contribution in [-0.4, -0.2) is 24.4 Å². The highest BCUT2D eigenvalue weighted by Gasteiger charge is 2.20. The van der Waals surface area contributed by atoms with Crippen molar-refractivity contribution in [3.63, 3.8) is 0 Å². The van der Waals surface area contributed by atoms with Gasteiger partial charge in [0.2, 0.25) is 5.75 Å². The number of hydrogen-bond acceptors (Lipinski definition) is 4. The highest BCUT2D eigenvalue weighted by molar-refractivity contribution is 5.89. The molecule has 1 aromatic heterocycles. The summed E-state index contributed by atoms with van der Waals surface area (Å²) in [6.07, 6.45) is 10.4. The van der Waals surface area contributed by atoms with E-state index >= 15 is 0 Å². The molecule has 0 fully saturated rings. The van der Waals surface area contributed by atoms with Gasteiger partial charge in [0, 0.05) is 18.0 Å². The molecular formula is C28H43NO4. The molecule has 0 aliphatic heterocycles. The Morgan fingerprint density at radius 1 is 0.848 bits per heavy atom. The highest BCUT2D eigenvalue weighted by atomic mass is 16.5. The van der Waals surface area contributed by atoms with E-state index in [4.69, 9.17) is 14.2 Å². The predicted molar refractivity (Wildman–Crippen MR) is 138 cm³/mol. The molecule has 0 amide bonds. The minimum Gasteiger partial charge on any atom is -0.494 e. The van der Waals surface area contributed by atoms with E-state index in [9.17, 15) is 4.79 Å².